The van der Waals surface area contributed by atoms with E-state index < -0.39 is 12.1 Å². The lowest BCUT2D eigenvalue weighted by Gasteiger charge is -2.15. The maximum Gasteiger partial charge on any atom is 0.339 e. The lowest BCUT2D eigenvalue weighted by atomic mass is 10.1. The second-order valence-electron chi connectivity index (χ2n) is 5.35. The Labute approximate surface area is 128 Å². The smallest absolute Gasteiger partial charge is 0.339 e. The Bertz CT molecular complexity index is 579. The van der Waals surface area contributed by atoms with Gasteiger partial charge < -0.3 is 10.5 Å². The number of halogens is 1. The molecular formula is C16H19FN2O3. The predicted octanol–water partition coefficient (Wildman–Crippen LogP) is 2.54. The number of carbonyl (C=O) groups excluding carboxylic acids is 1. The van der Waals surface area contributed by atoms with Crippen LogP contribution in [0.3, 0.4) is 0 Å². The first-order valence-corrected chi connectivity index (χ1v) is 7.16. The van der Waals surface area contributed by atoms with E-state index in [0.717, 1.165) is 19.3 Å². The van der Waals surface area contributed by atoms with E-state index in [-0.39, 0.29) is 17.8 Å². The average Bonchev–Trinajstić information content (AvgIpc) is 2.94. The summed E-state index contributed by atoms with van der Waals surface area (Å²) in [5.74, 6) is 6.36. The van der Waals surface area contributed by atoms with Gasteiger partial charge in [-0.3, -0.25) is 5.21 Å². The van der Waals surface area contributed by atoms with Crippen LogP contribution in [0.2, 0.25) is 0 Å². The first kappa shape index (κ1) is 16.1. The van der Waals surface area contributed by atoms with Gasteiger partial charge in [0.1, 0.15) is 17.6 Å². The van der Waals surface area contributed by atoms with Crippen LogP contribution in [-0.2, 0) is 0 Å². The van der Waals surface area contributed by atoms with Crippen LogP contribution >= 0.6 is 0 Å². The summed E-state index contributed by atoms with van der Waals surface area (Å²) in [6.07, 6.45) is 2.55. The molecule has 22 heavy (non-hydrogen) atoms. The van der Waals surface area contributed by atoms with Crippen LogP contribution in [0.5, 0.6) is 5.75 Å². The van der Waals surface area contributed by atoms with Gasteiger partial charge in [0.05, 0.1) is 6.10 Å². The van der Waals surface area contributed by atoms with Crippen LogP contribution in [0.1, 0.15) is 26.2 Å². The summed E-state index contributed by atoms with van der Waals surface area (Å²) in [5, 5.41) is 9.75. The zero-order valence-electron chi connectivity index (χ0n) is 12.3. The van der Waals surface area contributed by atoms with Crippen molar-refractivity contribution in [2.75, 3.05) is 0 Å². The fourth-order valence-corrected chi connectivity index (χ4v) is 2.37. The van der Waals surface area contributed by atoms with Crippen LogP contribution < -0.4 is 10.5 Å². The Morgan fingerprint density at radius 2 is 2.14 bits per heavy atom. The van der Waals surface area contributed by atoms with Gasteiger partial charge in [-0.25, -0.2) is 9.18 Å². The number of hydrogen-bond acceptors (Lipinski definition) is 3. The van der Waals surface area contributed by atoms with E-state index >= 15 is 0 Å². The van der Waals surface area contributed by atoms with Gasteiger partial charge in [-0.1, -0.05) is 11.8 Å². The fraction of sp³-hybridized carbons (Fsp3) is 0.438. The van der Waals surface area contributed by atoms with Crippen molar-refractivity contribution in [2.24, 2.45) is 11.7 Å². The van der Waals surface area contributed by atoms with E-state index in [1.165, 1.54) is 12.1 Å². The molecule has 1 aromatic carbocycles. The molecule has 1 fully saturated rings. The zero-order valence-corrected chi connectivity index (χ0v) is 12.3. The second-order valence-corrected chi connectivity index (χ2v) is 5.35. The largest absolute Gasteiger partial charge is 0.490 e. The van der Waals surface area contributed by atoms with Gasteiger partial charge in [-0.05, 0) is 50.5 Å². The van der Waals surface area contributed by atoms with Gasteiger partial charge >= 0.3 is 6.03 Å². The van der Waals surface area contributed by atoms with Crippen molar-refractivity contribution in [3.05, 3.63) is 30.1 Å². The third-order valence-electron chi connectivity index (χ3n) is 3.59. The second kappa shape index (κ2) is 7.14. The molecule has 1 aromatic rings. The van der Waals surface area contributed by atoms with Crippen molar-refractivity contribution in [2.45, 2.75) is 38.3 Å². The lowest BCUT2D eigenvalue weighted by molar-refractivity contribution is -0.0537. The van der Waals surface area contributed by atoms with Crippen LogP contribution in [0.15, 0.2) is 24.3 Å². The van der Waals surface area contributed by atoms with Crippen LogP contribution in [0.4, 0.5) is 9.18 Å². The minimum atomic E-state index is -0.925. The summed E-state index contributed by atoms with van der Waals surface area (Å²) in [4.78, 5) is 10.8. The standard InChI is InChI=1S/C16H19FN2O3/c1-11(19(21)16(18)20)2-3-12-4-7-15(10-12)22-14-8-5-13(17)6-9-14/h5-6,8-9,11-12,15,21H,4,7,10H2,1H3,(H2,18,20)/t11?,12-,15+/m1/s1. The van der Waals surface area contributed by atoms with Gasteiger partial charge in [0, 0.05) is 5.92 Å². The van der Waals surface area contributed by atoms with E-state index in [1.807, 2.05) is 0 Å². The normalized spacial score (nSPS) is 21.6. The molecule has 1 aliphatic carbocycles. The highest BCUT2D eigenvalue weighted by molar-refractivity contribution is 5.71. The van der Waals surface area contributed by atoms with Crippen molar-refractivity contribution in [1.82, 2.24) is 5.06 Å². The van der Waals surface area contributed by atoms with Crippen molar-refractivity contribution in [3.8, 4) is 17.6 Å². The molecule has 0 heterocycles. The number of primary amides is 1. The van der Waals surface area contributed by atoms with E-state index in [0.29, 0.717) is 10.8 Å². The Morgan fingerprint density at radius 1 is 1.45 bits per heavy atom. The van der Waals surface area contributed by atoms with Gasteiger partial charge in [0.2, 0.25) is 0 Å². The Morgan fingerprint density at radius 3 is 2.77 bits per heavy atom. The number of amides is 2. The molecule has 0 bridgehead atoms. The number of rotatable bonds is 3. The maximum atomic E-state index is 12.8. The fourth-order valence-electron chi connectivity index (χ4n) is 2.37. The van der Waals surface area contributed by atoms with Crippen LogP contribution in [-0.4, -0.2) is 28.4 Å². The first-order valence-electron chi connectivity index (χ1n) is 7.16. The van der Waals surface area contributed by atoms with Gasteiger partial charge in [0.25, 0.3) is 0 Å². The minimum Gasteiger partial charge on any atom is -0.490 e. The molecule has 5 nitrogen and oxygen atoms in total. The highest BCUT2D eigenvalue weighted by atomic mass is 19.1. The monoisotopic (exact) mass is 306 g/mol. The first-order chi connectivity index (χ1) is 10.5. The molecule has 2 rings (SSSR count). The molecule has 2 amide bonds. The van der Waals surface area contributed by atoms with Crippen LogP contribution in [0.25, 0.3) is 0 Å². The van der Waals surface area contributed by atoms with E-state index in [9.17, 15) is 14.4 Å². The Kier molecular flexibility index (Phi) is 5.23. The number of nitrogens with two attached hydrogens (primary N) is 1. The molecule has 0 radical (unpaired) electrons. The third kappa shape index (κ3) is 4.37. The topological polar surface area (TPSA) is 75.8 Å². The number of benzene rings is 1. The highest BCUT2D eigenvalue weighted by Gasteiger charge is 2.25. The SMILES string of the molecule is CC(C#C[C@@H]1CC[C@H](Oc2ccc(F)cc2)C1)N(O)C(N)=O. The molecule has 118 valence electrons. The minimum absolute atomic E-state index is 0.0430. The number of nitrogens with zero attached hydrogens (tertiary/aromatic N) is 1. The van der Waals surface area contributed by atoms with Crippen molar-refractivity contribution < 1.29 is 19.1 Å². The molecule has 1 aliphatic rings. The maximum absolute atomic E-state index is 12.8. The van der Waals surface area contributed by atoms with Gasteiger partial charge in [-0.15, -0.1) is 0 Å². The van der Waals surface area contributed by atoms with Crippen molar-refractivity contribution in [1.29, 1.82) is 0 Å². The summed E-state index contributed by atoms with van der Waals surface area (Å²) >= 11 is 0. The molecule has 6 heteroatoms. The summed E-state index contributed by atoms with van der Waals surface area (Å²) < 4.78 is 18.6. The molecular weight excluding hydrogens is 287 g/mol. The van der Waals surface area contributed by atoms with Crippen molar-refractivity contribution in [3.63, 3.8) is 0 Å². The van der Waals surface area contributed by atoms with Gasteiger partial charge in [0.15, 0.2) is 0 Å². The van der Waals surface area contributed by atoms with E-state index in [4.69, 9.17) is 10.5 Å². The number of hydroxylamine groups is 2. The molecule has 0 spiro atoms. The zero-order chi connectivity index (χ0) is 16.1. The molecule has 1 saturated carbocycles. The molecule has 0 aliphatic heterocycles. The van der Waals surface area contributed by atoms with E-state index in [1.54, 1.807) is 19.1 Å². The molecule has 1 unspecified atom stereocenters. The summed E-state index contributed by atoms with van der Waals surface area (Å²) in [6.45, 7) is 1.60. The highest BCUT2D eigenvalue weighted by Crippen LogP contribution is 2.28. The summed E-state index contributed by atoms with van der Waals surface area (Å²) in [7, 11) is 0. The van der Waals surface area contributed by atoms with Crippen LogP contribution in [0, 0.1) is 23.6 Å². The van der Waals surface area contributed by atoms with Crippen molar-refractivity contribution >= 4 is 6.03 Å². The molecule has 0 saturated heterocycles. The van der Waals surface area contributed by atoms with Gasteiger partial charge in [-0.2, -0.15) is 5.06 Å². The number of ether oxygens (including phenoxy) is 1. The number of carbonyl (C=O) groups is 1. The quantitative estimate of drug-likeness (QED) is 0.512. The summed E-state index contributed by atoms with van der Waals surface area (Å²) in [6, 6.07) is 4.37. The number of urea groups is 1. The summed E-state index contributed by atoms with van der Waals surface area (Å²) in [5.41, 5.74) is 4.96. The number of hydrogen-bond donors (Lipinski definition) is 2. The molecule has 3 atom stereocenters. The predicted molar refractivity (Wildman–Crippen MR) is 78.6 cm³/mol. The Hall–Kier alpha value is -2.26. The lowest BCUT2D eigenvalue weighted by Crippen LogP contribution is -2.38. The molecule has 3 N–H and O–H groups in total. The molecule has 0 aromatic heterocycles. The van der Waals surface area contributed by atoms with E-state index in [2.05, 4.69) is 11.8 Å². The average molecular weight is 306 g/mol. The third-order valence-corrected chi connectivity index (χ3v) is 3.59. The Balaban J connectivity index is 1.85.